The summed E-state index contributed by atoms with van der Waals surface area (Å²) in [5, 5.41) is 0. The average molecular weight is 1020 g/mol. The summed E-state index contributed by atoms with van der Waals surface area (Å²) >= 11 is 0. The van der Waals surface area contributed by atoms with Crippen LogP contribution in [0.5, 0.6) is 0 Å². The maximum Gasteiger partial charge on any atom is 0.306 e. The van der Waals surface area contributed by atoms with Crippen LogP contribution in [-0.2, 0) is 28.6 Å². The Hall–Kier alpha value is -1.85. The molecule has 0 N–H and O–H groups in total. The summed E-state index contributed by atoms with van der Waals surface area (Å²) in [6.07, 6.45) is 72.3. The van der Waals surface area contributed by atoms with Crippen molar-refractivity contribution < 1.29 is 28.6 Å². The van der Waals surface area contributed by atoms with E-state index in [1.165, 1.54) is 270 Å². The summed E-state index contributed by atoms with van der Waals surface area (Å²) in [5.74, 6) is -0.846. The van der Waals surface area contributed by atoms with Crippen molar-refractivity contribution in [2.45, 2.75) is 380 Å². The van der Waals surface area contributed by atoms with E-state index in [4.69, 9.17) is 14.2 Å². The van der Waals surface area contributed by atoms with E-state index >= 15 is 0 Å². The van der Waals surface area contributed by atoms with Gasteiger partial charge in [0.1, 0.15) is 13.2 Å². The molecule has 0 bridgehead atoms. The molecule has 0 amide bonds. The molecule has 0 aliphatic rings. The number of unbranched alkanes of at least 4 members (excludes halogenated alkanes) is 48. The Morgan fingerprint density at radius 2 is 0.458 bits per heavy atom. The molecule has 1 unspecified atom stereocenters. The van der Waals surface area contributed by atoms with E-state index in [2.05, 4.69) is 32.9 Å². The molecule has 1 atom stereocenters. The first kappa shape index (κ1) is 70.1. The van der Waals surface area contributed by atoms with Gasteiger partial charge in [0.2, 0.25) is 0 Å². The SMILES string of the molecule is CCCCCCC/C=C\CCCCCCCC(=O)OC(COC(=O)CCCCCCCCCCCCCCCC)COC(=O)CCCCCCCCCCCCCCCCCCCCCCCCCCCC. The van der Waals surface area contributed by atoms with E-state index in [9.17, 15) is 14.4 Å². The highest BCUT2D eigenvalue weighted by molar-refractivity contribution is 5.71. The standard InChI is InChI=1S/C66H126O6/c1-4-7-10-13-16-19-22-25-28-29-30-31-32-33-34-35-36-37-38-39-42-44-47-50-53-56-59-65(68)71-62-63(72-66(69)60-57-54-51-48-45-41-27-24-21-18-15-12-9-6-3)61-70-64(67)58-55-52-49-46-43-40-26-23-20-17-14-11-8-5-2/h24,27,63H,4-23,25-26,28-62H2,1-3H3/b27-24-. The van der Waals surface area contributed by atoms with Gasteiger partial charge in [-0.05, 0) is 44.9 Å². The zero-order chi connectivity index (χ0) is 52.2. The highest BCUT2D eigenvalue weighted by Gasteiger charge is 2.19. The second-order valence-corrected chi connectivity index (χ2v) is 22.4. The second-order valence-electron chi connectivity index (χ2n) is 22.4. The first-order valence-corrected chi connectivity index (χ1v) is 32.7. The lowest BCUT2D eigenvalue weighted by Gasteiger charge is -2.18. The second kappa shape index (κ2) is 61.7. The van der Waals surface area contributed by atoms with Gasteiger partial charge >= 0.3 is 17.9 Å². The van der Waals surface area contributed by atoms with Crippen molar-refractivity contribution in [2.24, 2.45) is 0 Å². The monoisotopic (exact) mass is 1010 g/mol. The Labute approximate surface area is 450 Å². The van der Waals surface area contributed by atoms with E-state index in [0.717, 1.165) is 64.2 Å². The smallest absolute Gasteiger partial charge is 0.306 e. The lowest BCUT2D eigenvalue weighted by Crippen LogP contribution is -2.30. The molecular formula is C66H126O6. The van der Waals surface area contributed by atoms with E-state index in [1.807, 2.05) is 0 Å². The Bertz CT molecular complexity index is 1120. The highest BCUT2D eigenvalue weighted by atomic mass is 16.6. The molecule has 6 nitrogen and oxygen atoms in total. The molecule has 0 aliphatic heterocycles. The van der Waals surface area contributed by atoms with Crippen LogP contribution in [0.2, 0.25) is 0 Å². The summed E-state index contributed by atoms with van der Waals surface area (Å²) in [5.41, 5.74) is 0. The Balaban J connectivity index is 4.17. The number of hydrogen-bond acceptors (Lipinski definition) is 6. The van der Waals surface area contributed by atoms with E-state index in [0.29, 0.717) is 19.3 Å². The highest BCUT2D eigenvalue weighted by Crippen LogP contribution is 2.18. The maximum absolute atomic E-state index is 12.9. The molecule has 0 saturated carbocycles. The maximum atomic E-state index is 12.9. The van der Waals surface area contributed by atoms with Crippen LogP contribution < -0.4 is 0 Å². The minimum Gasteiger partial charge on any atom is -0.462 e. The minimum absolute atomic E-state index is 0.0670. The van der Waals surface area contributed by atoms with E-state index in [1.54, 1.807) is 0 Å². The average Bonchev–Trinajstić information content (AvgIpc) is 3.38. The quantitative estimate of drug-likeness (QED) is 0.0261. The van der Waals surface area contributed by atoms with E-state index < -0.39 is 6.10 Å². The summed E-state index contributed by atoms with van der Waals surface area (Å²) in [4.78, 5) is 38.2. The number of carbonyl (C=O) groups excluding carboxylic acids is 3. The number of esters is 3. The number of ether oxygens (including phenoxy) is 3. The van der Waals surface area contributed by atoms with E-state index in [-0.39, 0.29) is 31.1 Å². The van der Waals surface area contributed by atoms with Gasteiger partial charge in [-0.25, -0.2) is 0 Å². The van der Waals surface area contributed by atoms with Gasteiger partial charge in [0, 0.05) is 19.3 Å². The summed E-state index contributed by atoms with van der Waals surface area (Å²) < 4.78 is 16.9. The third-order valence-corrected chi connectivity index (χ3v) is 15.0. The van der Waals surface area contributed by atoms with Gasteiger partial charge in [-0.2, -0.15) is 0 Å². The van der Waals surface area contributed by atoms with Crippen molar-refractivity contribution >= 4 is 17.9 Å². The number of hydrogen-bond donors (Lipinski definition) is 0. The summed E-state index contributed by atoms with van der Waals surface area (Å²) in [7, 11) is 0. The number of allylic oxidation sites excluding steroid dienone is 2. The van der Waals surface area contributed by atoms with Crippen LogP contribution in [0, 0.1) is 0 Å². The Kier molecular flexibility index (Phi) is 60.1. The molecule has 72 heavy (non-hydrogen) atoms. The van der Waals surface area contributed by atoms with Gasteiger partial charge < -0.3 is 14.2 Å². The molecule has 0 fully saturated rings. The predicted molar refractivity (Wildman–Crippen MR) is 312 cm³/mol. The van der Waals surface area contributed by atoms with Crippen LogP contribution in [-0.4, -0.2) is 37.2 Å². The fourth-order valence-corrected chi connectivity index (χ4v) is 10.1. The van der Waals surface area contributed by atoms with Crippen LogP contribution in [0.25, 0.3) is 0 Å². The zero-order valence-corrected chi connectivity index (χ0v) is 49.0. The number of carbonyl (C=O) groups is 3. The van der Waals surface area contributed by atoms with Gasteiger partial charge in [0.05, 0.1) is 0 Å². The lowest BCUT2D eigenvalue weighted by molar-refractivity contribution is -0.167. The molecule has 0 aliphatic carbocycles. The summed E-state index contributed by atoms with van der Waals surface area (Å²) in [6, 6.07) is 0. The van der Waals surface area contributed by atoms with Crippen LogP contribution >= 0.6 is 0 Å². The van der Waals surface area contributed by atoms with Gasteiger partial charge in [0.25, 0.3) is 0 Å². The predicted octanol–water partition coefficient (Wildman–Crippen LogP) is 22.1. The van der Waals surface area contributed by atoms with Gasteiger partial charge in [-0.1, -0.05) is 322 Å². The molecule has 0 aromatic rings. The molecule has 0 saturated heterocycles. The van der Waals surface area contributed by atoms with Crippen molar-refractivity contribution in [3.05, 3.63) is 12.2 Å². The summed E-state index contributed by atoms with van der Waals surface area (Å²) in [6.45, 7) is 6.70. The fourth-order valence-electron chi connectivity index (χ4n) is 10.1. The molecule has 6 heteroatoms. The molecule has 0 aromatic heterocycles. The fraction of sp³-hybridized carbons (Fsp3) is 0.924. The first-order valence-electron chi connectivity index (χ1n) is 32.7. The van der Waals surface area contributed by atoms with Crippen LogP contribution in [0.15, 0.2) is 12.2 Å². The molecule has 426 valence electrons. The first-order chi connectivity index (χ1) is 35.5. The van der Waals surface area contributed by atoms with Crippen molar-refractivity contribution in [2.75, 3.05) is 13.2 Å². The topological polar surface area (TPSA) is 78.9 Å². The van der Waals surface area contributed by atoms with Crippen molar-refractivity contribution in [3.63, 3.8) is 0 Å². The normalized spacial score (nSPS) is 12.0. The molecule has 0 spiro atoms. The van der Waals surface area contributed by atoms with Gasteiger partial charge in [-0.3, -0.25) is 14.4 Å². The molecule has 0 rings (SSSR count). The molecular weight excluding hydrogens is 889 g/mol. The van der Waals surface area contributed by atoms with Gasteiger partial charge in [-0.15, -0.1) is 0 Å². The Morgan fingerprint density at radius 1 is 0.264 bits per heavy atom. The van der Waals surface area contributed by atoms with Crippen molar-refractivity contribution in [1.29, 1.82) is 0 Å². The third-order valence-electron chi connectivity index (χ3n) is 15.0. The van der Waals surface area contributed by atoms with Gasteiger partial charge in [0.15, 0.2) is 6.10 Å². The molecule has 0 aromatic carbocycles. The van der Waals surface area contributed by atoms with Crippen LogP contribution in [0.3, 0.4) is 0 Å². The molecule has 0 heterocycles. The van der Waals surface area contributed by atoms with Crippen molar-refractivity contribution in [3.8, 4) is 0 Å². The largest absolute Gasteiger partial charge is 0.462 e. The zero-order valence-electron chi connectivity index (χ0n) is 49.0. The molecule has 0 radical (unpaired) electrons. The lowest BCUT2D eigenvalue weighted by atomic mass is 10.0. The van der Waals surface area contributed by atoms with Crippen molar-refractivity contribution in [1.82, 2.24) is 0 Å². The third kappa shape index (κ3) is 59.0. The minimum atomic E-state index is -0.769. The Morgan fingerprint density at radius 3 is 0.694 bits per heavy atom. The van der Waals surface area contributed by atoms with Crippen LogP contribution in [0.1, 0.15) is 374 Å². The number of rotatable bonds is 61. The van der Waals surface area contributed by atoms with Crippen LogP contribution in [0.4, 0.5) is 0 Å².